The Hall–Kier alpha value is -2.14. The summed E-state index contributed by atoms with van der Waals surface area (Å²) in [5.41, 5.74) is -0.102. The Balaban J connectivity index is 2.04. The summed E-state index contributed by atoms with van der Waals surface area (Å²) in [4.78, 5) is 28.8. The number of nitrogens with zero attached hydrogens (tertiary/aromatic N) is 1. The molecule has 5 nitrogen and oxygen atoms in total. The van der Waals surface area contributed by atoms with Crippen LogP contribution in [0.25, 0.3) is 10.9 Å². The Kier molecular flexibility index (Phi) is 3.29. The molecule has 1 atom stereocenters. The number of fused-ring (bicyclic) bond motifs is 1. The largest absolute Gasteiger partial charge is 0.388 e. The Morgan fingerprint density at radius 1 is 1.38 bits per heavy atom. The van der Waals surface area contributed by atoms with E-state index < -0.39 is 5.60 Å². The molecule has 1 fully saturated rings. The molecule has 1 saturated heterocycles. The van der Waals surface area contributed by atoms with Crippen molar-refractivity contribution in [2.75, 3.05) is 13.1 Å². The van der Waals surface area contributed by atoms with Gasteiger partial charge in [0.25, 0.3) is 5.91 Å². The highest BCUT2D eigenvalue weighted by molar-refractivity contribution is 6.06. The smallest absolute Gasteiger partial charge is 0.254 e. The Labute approximate surface area is 122 Å². The van der Waals surface area contributed by atoms with Gasteiger partial charge in [0, 0.05) is 30.1 Å². The van der Waals surface area contributed by atoms with E-state index in [4.69, 9.17) is 0 Å². The van der Waals surface area contributed by atoms with Gasteiger partial charge < -0.3 is 15.0 Å². The van der Waals surface area contributed by atoms with Gasteiger partial charge in [-0.25, -0.2) is 0 Å². The summed E-state index contributed by atoms with van der Waals surface area (Å²) in [6, 6.07) is 8.59. The standard InChI is InChI=1S/C16H18N2O3/c1-16(21)7-4-8-18(10-16)15(20)12-9-14(19)17-13-6-3-2-5-11(12)13/h2-3,5-6,9,21H,4,7-8,10H2,1H3,(H,17,19). The molecule has 1 aliphatic rings. The van der Waals surface area contributed by atoms with Gasteiger partial charge in [0.2, 0.25) is 5.56 Å². The SMILES string of the molecule is CC1(O)CCCN(C(=O)c2cc(=O)[nH]c3ccccc23)C1. The van der Waals surface area contributed by atoms with Crippen LogP contribution in [0.15, 0.2) is 35.1 Å². The number of benzene rings is 1. The first-order valence-electron chi connectivity index (χ1n) is 7.10. The Morgan fingerprint density at radius 2 is 2.14 bits per heavy atom. The molecule has 0 aliphatic carbocycles. The number of aromatic amines is 1. The van der Waals surface area contributed by atoms with Crippen LogP contribution in [0.1, 0.15) is 30.1 Å². The highest BCUT2D eigenvalue weighted by Crippen LogP contribution is 2.23. The molecule has 0 radical (unpaired) electrons. The Morgan fingerprint density at radius 3 is 2.90 bits per heavy atom. The van der Waals surface area contributed by atoms with Crippen LogP contribution in [0.4, 0.5) is 0 Å². The van der Waals surface area contributed by atoms with Crippen molar-refractivity contribution in [3.63, 3.8) is 0 Å². The lowest BCUT2D eigenvalue weighted by atomic mass is 9.94. The van der Waals surface area contributed by atoms with Crippen molar-refractivity contribution in [2.24, 2.45) is 0 Å². The third-order valence-electron chi connectivity index (χ3n) is 3.94. The fourth-order valence-electron chi connectivity index (χ4n) is 2.95. The lowest BCUT2D eigenvalue weighted by molar-refractivity contribution is -0.0106. The van der Waals surface area contributed by atoms with Crippen molar-refractivity contribution in [1.29, 1.82) is 0 Å². The van der Waals surface area contributed by atoms with Crippen LogP contribution in [0, 0.1) is 0 Å². The predicted molar refractivity (Wildman–Crippen MR) is 80.3 cm³/mol. The van der Waals surface area contributed by atoms with Crippen LogP contribution < -0.4 is 5.56 Å². The van der Waals surface area contributed by atoms with E-state index in [1.807, 2.05) is 18.2 Å². The number of H-pyrrole nitrogens is 1. The molecule has 2 N–H and O–H groups in total. The normalized spacial score (nSPS) is 22.5. The molecule has 3 rings (SSSR count). The average molecular weight is 286 g/mol. The second-order valence-electron chi connectivity index (χ2n) is 5.92. The molecule has 2 heterocycles. The number of carbonyl (C=O) groups is 1. The molecule has 21 heavy (non-hydrogen) atoms. The number of carbonyl (C=O) groups excluding carboxylic acids is 1. The van der Waals surface area contributed by atoms with Gasteiger partial charge in [0.05, 0.1) is 11.2 Å². The molecule has 0 bridgehead atoms. The molecule has 1 unspecified atom stereocenters. The first-order valence-corrected chi connectivity index (χ1v) is 7.10. The molecular weight excluding hydrogens is 268 g/mol. The molecule has 2 aromatic rings. The monoisotopic (exact) mass is 286 g/mol. The maximum absolute atomic E-state index is 12.7. The third-order valence-corrected chi connectivity index (χ3v) is 3.94. The van der Waals surface area contributed by atoms with Crippen LogP contribution >= 0.6 is 0 Å². The number of rotatable bonds is 1. The highest BCUT2D eigenvalue weighted by Gasteiger charge is 2.31. The van der Waals surface area contributed by atoms with Crippen molar-refractivity contribution in [3.8, 4) is 0 Å². The van der Waals surface area contributed by atoms with E-state index >= 15 is 0 Å². The van der Waals surface area contributed by atoms with E-state index in [1.54, 1.807) is 17.9 Å². The summed E-state index contributed by atoms with van der Waals surface area (Å²) in [6.45, 7) is 2.64. The van der Waals surface area contributed by atoms with Gasteiger partial charge in [-0.1, -0.05) is 18.2 Å². The van der Waals surface area contributed by atoms with E-state index in [0.29, 0.717) is 30.6 Å². The molecule has 1 amide bonds. The van der Waals surface area contributed by atoms with Crippen LogP contribution in [-0.4, -0.2) is 39.6 Å². The van der Waals surface area contributed by atoms with Gasteiger partial charge in [-0.05, 0) is 25.8 Å². The number of amides is 1. The van der Waals surface area contributed by atoms with Crippen molar-refractivity contribution >= 4 is 16.8 Å². The Bertz CT molecular complexity index is 749. The summed E-state index contributed by atoms with van der Waals surface area (Å²) in [7, 11) is 0. The number of aromatic nitrogens is 1. The predicted octanol–water partition coefficient (Wildman–Crippen LogP) is 1.52. The summed E-state index contributed by atoms with van der Waals surface area (Å²) in [6.07, 6.45) is 1.45. The molecular formula is C16H18N2O3. The quantitative estimate of drug-likeness (QED) is 0.834. The number of likely N-dealkylation sites (tertiary alicyclic amines) is 1. The summed E-state index contributed by atoms with van der Waals surface area (Å²) in [5.74, 6) is -0.197. The van der Waals surface area contributed by atoms with Crippen molar-refractivity contribution in [1.82, 2.24) is 9.88 Å². The first-order chi connectivity index (χ1) is 9.96. The molecule has 1 aromatic heterocycles. The molecule has 110 valence electrons. The number of nitrogens with one attached hydrogen (secondary N) is 1. The van der Waals surface area contributed by atoms with Gasteiger partial charge in [0.15, 0.2) is 0 Å². The lowest BCUT2D eigenvalue weighted by Crippen LogP contribution is -2.48. The van der Waals surface area contributed by atoms with Crippen molar-refractivity contribution < 1.29 is 9.90 Å². The minimum absolute atomic E-state index is 0.197. The molecule has 0 spiro atoms. The zero-order chi connectivity index (χ0) is 15.0. The highest BCUT2D eigenvalue weighted by atomic mass is 16.3. The summed E-state index contributed by atoms with van der Waals surface area (Å²) in [5, 5.41) is 10.9. The van der Waals surface area contributed by atoms with Crippen LogP contribution in [-0.2, 0) is 0 Å². The summed E-state index contributed by atoms with van der Waals surface area (Å²) < 4.78 is 0. The molecule has 1 aliphatic heterocycles. The molecule has 5 heteroatoms. The van der Waals surface area contributed by atoms with Crippen LogP contribution in [0.2, 0.25) is 0 Å². The van der Waals surface area contributed by atoms with E-state index in [9.17, 15) is 14.7 Å². The van der Waals surface area contributed by atoms with E-state index in [1.165, 1.54) is 6.07 Å². The van der Waals surface area contributed by atoms with Crippen molar-refractivity contribution in [2.45, 2.75) is 25.4 Å². The first kappa shape index (κ1) is 13.8. The number of para-hydroxylation sites is 1. The van der Waals surface area contributed by atoms with Gasteiger partial charge in [-0.3, -0.25) is 9.59 Å². The fourth-order valence-corrected chi connectivity index (χ4v) is 2.95. The number of pyridine rings is 1. The number of aliphatic hydroxyl groups is 1. The number of β-amino-alcohol motifs (C(OH)–C–C–N with tert-alkyl or cyclic N) is 1. The molecule has 0 saturated carbocycles. The third kappa shape index (κ3) is 2.69. The van der Waals surface area contributed by atoms with Crippen LogP contribution in [0.3, 0.4) is 0 Å². The number of piperidine rings is 1. The van der Waals surface area contributed by atoms with Gasteiger partial charge in [0.1, 0.15) is 0 Å². The summed E-state index contributed by atoms with van der Waals surface area (Å²) >= 11 is 0. The van der Waals surface area contributed by atoms with E-state index in [-0.39, 0.29) is 11.5 Å². The maximum atomic E-state index is 12.7. The number of hydrogen-bond acceptors (Lipinski definition) is 3. The second kappa shape index (κ2) is 5.00. The lowest BCUT2D eigenvalue weighted by Gasteiger charge is -2.37. The fraction of sp³-hybridized carbons (Fsp3) is 0.375. The maximum Gasteiger partial charge on any atom is 0.254 e. The van der Waals surface area contributed by atoms with E-state index in [0.717, 1.165) is 11.8 Å². The van der Waals surface area contributed by atoms with Gasteiger partial charge in [-0.2, -0.15) is 0 Å². The van der Waals surface area contributed by atoms with Gasteiger partial charge >= 0.3 is 0 Å². The zero-order valence-electron chi connectivity index (χ0n) is 11.9. The molecule has 1 aromatic carbocycles. The second-order valence-corrected chi connectivity index (χ2v) is 5.92. The van der Waals surface area contributed by atoms with E-state index in [2.05, 4.69) is 4.98 Å². The minimum atomic E-state index is -0.856. The van der Waals surface area contributed by atoms with Crippen molar-refractivity contribution in [3.05, 3.63) is 46.2 Å². The zero-order valence-corrected chi connectivity index (χ0v) is 11.9. The topological polar surface area (TPSA) is 73.4 Å². The number of hydrogen-bond donors (Lipinski definition) is 2. The van der Waals surface area contributed by atoms with Crippen LogP contribution in [0.5, 0.6) is 0 Å². The average Bonchev–Trinajstić information content (AvgIpc) is 2.44. The van der Waals surface area contributed by atoms with Gasteiger partial charge in [-0.15, -0.1) is 0 Å². The minimum Gasteiger partial charge on any atom is -0.388 e.